The minimum atomic E-state index is 0.526. The van der Waals surface area contributed by atoms with Gasteiger partial charge in [-0.25, -0.2) is 0 Å². The second kappa shape index (κ2) is 2.96. The Balaban J connectivity index is 1.69. The zero-order valence-corrected chi connectivity index (χ0v) is 8.31. The quantitative estimate of drug-likeness (QED) is 0.589. The first-order chi connectivity index (χ1) is 6.38. The Morgan fingerprint density at radius 3 is 2.38 bits per heavy atom. The standard InChI is InChI=1S/C11H20N2/c1-2-5-10-9(4-1)12-8-11(13-10)6-3-7-11/h9-10,12-13H,1-8H2/t9-,10-/m0/s1. The predicted octanol–water partition coefficient (Wildman–Crippen LogP) is 1.41. The van der Waals surface area contributed by atoms with Crippen molar-refractivity contribution < 1.29 is 0 Å². The van der Waals surface area contributed by atoms with E-state index in [1.165, 1.54) is 51.5 Å². The van der Waals surface area contributed by atoms with Gasteiger partial charge in [-0.3, -0.25) is 0 Å². The summed E-state index contributed by atoms with van der Waals surface area (Å²) >= 11 is 0. The molecule has 2 N–H and O–H groups in total. The summed E-state index contributed by atoms with van der Waals surface area (Å²) in [5.74, 6) is 0. The van der Waals surface area contributed by atoms with Crippen LogP contribution in [0.3, 0.4) is 0 Å². The highest BCUT2D eigenvalue weighted by Crippen LogP contribution is 2.36. The highest BCUT2D eigenvalue weighted by Gasteiger charge is 2.44. The summed E-state index contributed by atoms with van der Waals surface area (Å²) in [6.45, 7) is 1.23. The van der Waals surface area contributed by atoms with Crippen LogP contribution in [-0.2, 0) is 0 Å². The maximum absolute atomic E-state index is 3.91. The van der Waals surface area contributed by atoms with Crippen molar-refractivity contribution in [3.8, 4) is 0 Å². The molecule has 3 rings (SSSR count). The Hall–Kier alpha value is -0.0800. The van der Waals surface area contributed by atoms with Crippen molar-refractivity contribution in [2.45, 2.75) is 62.6 Å². The van der Waals surface area contributed by atoms with E-state index in [1.54, 1.807) is 0 Å². The van der Waals surface area contributed by atoms with Crippen LogP contribution in [-0.4, -0.2) is 24.2 Å². The van der Waals surface area contributed by atoms with Crippen LogP contribution in [0.5, 0.6) is 0 Å². The largest absolute Gasteiger partial charge is 0.311 e. The molecule has 0 aromatic heterocycles. The van der Waals surface area contributed by atoms with Crippen molar-refractivity contribution in [2.24, 2.45) is 0 Å². The zero-order valence-electron chi connectivity index (χ0n) is 8.31. The number of piperazine rings is 1. The van der Waals surface area contributed by atoms with Crippen LogP contribution < -0.4 is 10.6 Å². The fourth-order valence-corrected chi connectivity index (χ4v) is 3.24. The van der Waals surface area contributed by atoms with Crippen LogP contribution in [0.15, 0.2) is 0 Å². The minimum absolute atomic E-state index is 0.526. The number of hydrogen-bond donors (Lipinski definition) is 2. The van der Waals surface area contributed by atoms with E-state index in [2.05, 4.69) is 10.6 Å². The number of hydrogen-bond acceptors (Lipinski definition) is 2. The van der Waals surface area contributed by atoms with Crippen molar-refractivity contribution >= 4 is 0 Å². The first-order valence-electron chi connectivity index (χ1n) is 5.89. The molecule has 3 aliphatic rings. The number of fused-ring (bicyclic) bond motifs is 1. The SMILES string of the molecule is C1CC[C@@H]2NC3(CCC3)CN[C@H]2C1. The van der Waals surface area contributed by atoms with E-state index < -0.39 is 0 Å². The molecule has 2 saturated carbocycles. The lowest BCUT2D eigenvalue weighted by atomic mass is 9.72. The summed E-state index contributed by atoms with van der Waals surface area (Å²) in [5.41, 5.74) is 0.526. The summed E-state index contributed by atoms with van der Waals surface area (Å²) in [5, 5.41) is 7.66. The van der Waals surface area contributed by atoms with Gasteiger partial charge >= 0.3 is 0 Å². The van der Waals surface area contributed by atoms with Gasteiger partial charge in [0.1, 0.15) is 0 Å². The van der Waals surface area contributed by atoms with Gasteiger partial charge in [0.25, 0.3) is 0 Å². The zero-order chi connectivity index (χ0) is 8.73. The van der Waals surface area contributed by atoms with Crippen molar-refractivity contribution in [1.82, 2.24) is 10.6 Å². The van der Waals surface area contributed by atoms with Crippen molar-refractivity contribution in [3.63, 3.8) is 0 Å². The molecule has 13 heavy (non-hydrogen) atoms. The maximum atomic E-state index is 3.91. The maximum Gasteiger partial charge on any atom is 0.0309 e. The molecule has 2 atom stereocenters. The third-order valence-electron chi connectivity index (χ3n) is 4.27. The fraction of sp³-hybridized carbons (Fsp3) is 1.00. The first kappa shape index (κ1) is 8.25. The minimum Gasteiger partial charge on any atom is -0.311 e. The molecule has 1 saturated heterocycles. The van der Waals surface area contributed by atoms with Gasteiger partial charge in [0.2, 0.25) is 0 Å². The van der Waals surface area contributed by atoms with Gasteiger partial charge < -0.3 is 10.6 Å². The summed E-state index contributed by atoms with van der Waals surface area (Å²) < 4.78 is 0. The third-order valence-corrected chi connectivity index (χ3v) is 4.27. The van der Waals surface area contributed by atoms with Crippen LogP contribution in [0.4, 0.5) is 0 Å². The van der Waals surface area contributed by atoms with Crippen LogP contribution in [0.2, 0.25) is 0 Å². The molecular weight excluding hydrogens is 160 g/mol. The monoisotopic (exact) mass is 180 g/mol. The molecule has 74 valence electrons. The second-order valence-electron chi connectivity index (χ2n) is 5.16. The third kappa shape index (κ3) is 1.31. The normalized spacial score (nSPS) is 42.5. The molecule has 1 spiro atoms. The highest BCUT2D eigenvalue weighted by atomic mass is 15.2. The second-order valence-corrected chi connectivity index (χ2v) is 5.16. The van der Waals surface area contributed by atoms with Crippen molar-refractivity contribution in [1.29, 1.82) is 0 Å². The van der Waals surface area contributed by atoms with E-state index in [9.17, 15) is 0 Å². The molecule has 2 aliphatic carbocycles. The lowest BCUT2D eigenvalue weighted by Crippen LogP contribution is -2.70. The van der Waals surface area contributed by atoms with E-state index in [0.717, 1.165) is 12.1 Å². The average molecular weight is 180 g/mol. The predicted molar refractivity (Wildman–Crippen MR) is 53.8 cm³/mol. The Bertz CT molecular complexity index is 198. The lowest BCUT2D eigenvalue weighted by Gasteiger charge is -2.53. The van der Waals surface area contributed by atoms with E-state index in [0.29, 0.717) is 5.54 Å². The van der Waals surface area contributed by atoms with E-state index in [-0.39, 0.29) is 0 Å². The number of rotatable bonds is 0. The van der Waals surface area contributed by atoms with Crippen molar-refractivity contribution in [2.75, 3.05) is 6.54 Å². The van der Waals surface area contributed by atoms with E-state index in [4.69, 9.17) is 0 Å². The van der Waals surface area contributed by atoms with Gasteiger partial charge in [-0.05, 0) is 32.1 Å². The van der Waals surface area contributed by atoms with E-state index >= 15 is 0 Å². The first-order valence-corrected chi connectivity index (χ1v) is 5.89. The molecular formula is C11H20N2. The topological polar surface area (TPSA) is 24.1 Å². The molecule has 1 heterocycles. The molecule has 3 fully saturated rings. The molecule has 2 nitrogen and oxygen atoms in total. The molecule has 0 bridgehead atoms. The van der Waals surface area contributed by atoms with Gasteiger partial charge in [0.05, 0.1) is 0 Å². The molecule has 0 unspecified atom stereocenters. The summed E-state index contributed by atoms with van der Waals surface area (Å²) in [4.78, 5) is 0. The molecule has 0 radical (unpaired) electrons. The van der Waals surface area contributed by atoms with Gasteiger partial charge in [0.15, 0.2) is 0 Å². The van der Waals surface area contributed by atoms with Crippen LogP contribution in [0, 0.1) is 0 Å². The molecule has 1 aliphatic heterocycles. The molecule has 0 aromatic rings. The highest BCUT2D eigenvalue weighted by molar-refractivity contribution is 5.06. The van der Waals surface area contributed by atoms with Crippen LogP contribution in [0.25, 0.3) is 0 Å². The molecule has 0 aromatic carbocycles. The summed E-state index contributed by atoms with van der Waals surface area (Å²) in [7, 11) is 0. The Labute approximate surface area is 80.5 Å². The smallest absolute Gasteiger partial charge is 0.0309 e. The Morgan fingerprint density at radius 1 is 0.923 bits per heavy atom. The van der Waals surface area contributed by atoms with Gasteiger partial charge in [0, 0.05) is 24.2 Å². The van der Waals surface area contributed by atoms with Crippen LogP contribution >= 0.6 is 0 Å². The van der Waals surface area contributed by atoms with Gasteiger partial charge in [-0.2, -0.15) is 0 Å². The fourth-order valence-electron chi connectivity index (χ4n) is 3.24. The van der Waals surface area contributed by atoms with E-state index in [1.807, 2.05) is 0 Å². The molecule has 0 amide bonds. The summed E-state index contributed by atoms with van der Waals surface area (Å²) in [6.07, 6.45) is 9.92. The number of nitrogens with one attached hydrogen (secondary N) is 2. The van der Waals surface area contributed by atoms with Crippen LogP contribution in [0.1, 0.15) is 44.9 Å². The molecule has 2 heteroatoms. The Morgan fingerprint density at radius 2 is 1.69 bits per heavy atom. The van der Waals surface area contributed by atoms with Gasteiger partial charge in [-0.1, -0.05) is 12.8 Å². The summed E-state index contributed by atoms with van der Waals surface area (Å²) in [6, 6.07) is 1.59. The van der Waals surface area contributed by atoms with Crippen molar-refractivity contribution in [3.05, 3.63) is 0 Å². The average Bonchev–Trinajstić information content (AvgIpc) is 2.15. The Kier molecular flexibility index (Phi) is 1.88. The lowest BCUT2D eigenvalue weighted by molar-refractivity contribution is 0.0839. The van der Waals surface area contributed by atoms with Gasteiger partial charge in [-0.15, -0.1) is 0 Å².